The van der Waals surface area contributed by atoms with E-state index >= 15 is 0 Å². The van der Waals surface area contributed by atoms with Gasteiger partial charge < -0.3 is 5.11 Å². The first-order chi connectivity index (χ1) is 5.13. The summed E-state index contributed by atoms with van der Waals surface area (Å²) in [5, 5.41) is 9.08. The molecule has 0 saturated carbocycles. The van der Waals surface area contributed by atoms with E-state index in [1.165, 1.54) is 6.08 Å². The summed E-state index contributed by atoms with van der Waals surface area (Å²) >= 11 is 8.95. The van der Waals surface area contributed by atoms with Crippen molar-refractivity contribution in [1.29, 1.82) is 0 Å². The van der Waals surface area contributed by atoms with Crippen LogP contribution in [0.25, 0.3) is 0 Å². The number of halogens is 2. The maximum atomic E-state index is 8.57. The van der Waals surface area contributed by atoms with E-state index in [9.17, 15) is 0 Å². The van der Waals surface area contributed by atoms with Crippen LogP contribution in [0.4, 0.5) is 0 Å². The normalized spacial score (nSPS) is 12.3. The lowest BCUT2D eigenvalue weighted by atomic mass is 10.2. The van der Waals surface area contributed by atoms with Crippen LogP contribution in [-0.4, -0.2) is 11.7 Å². The molecule has 0 rings (SSSR count). The molecule has 0 bridgehead atoms. The van der Waals surface area contributed by atoms with Crippen LogP contribution in [0, 0.1) is 0 Å². The summed E-state index contributed by atoms with van der Waals surface area (Å²) in [5.74, 6) is 0. The number of aliphatic hydroxyl groups excluding tert-OH is 1. The molecule has 62 valence electrons. The molecular weight excluding hydrogens is 227 g/mol. The van der Waals surface area contributed by atoms with Gasteiger partial charge in [-0.15, -0.1) is 0 Å². The third-order valence-corrected chi connectivity index (χ3v) is 2.67. The lowest BCUT2D eigenvalue weighted by Crippen LogP contribution is -1.87. The highest BCUT2D eigenvalue weighted by Crippen LogP contribution is 2.25. The van der Waals surface area contributed by atoms with Crippen molar-refractivity contribution >= 4 is 27.5 Å². The fourth-order valence-electron chi connectivity index (χ4n) is 0.503. The zero-order valence-electron chi connectivity index (χ0n) is 6.11. The smallest absolute Gasteiger partial charge is 0.0544 e. The molecule has 0 heterocycles. The number of hydrogen-bond donors (Lipinski definition) is 1. The van der Waals surface area contributed by atoms with Crippen molar-refractivity contribution in [2.45, 2.75) is 6.42 Å². The molecule has 0 amide bonds. The molecule has 0 saturated heterocycles. The molecule has 1 nitrogen and oxygen atoms in total. The predicted molar refractivity (Wildman–Crippen MR) is 52.8 cm³/mol. The number of allylic oxidation sites excluding steroid dienone is 3. The molecule has 11 heavy (non-hydrogen) atoms. The van der Waals surface area contributed by atoms with Crippen LogP contribution in [0.15, 0.2) is 34.3 Å². The summed E-state index contributed by atoms with van der Waals surface area (Å²) in [5.41, 5.74) is 0.775. The van der Waals surface area contributed by atoms with Crippen LogP contribution in [0.2, 0.25) is 0 Å². The molecule has 0 atom stereocenters. The molecule has 0 unspecified atom stereocenters. The van der Waals surface area contributed by atoms with E-state index < -0.39 is 0 Å². The summed E-state index contributed by atoms with van der Waals surface area (Å²) in [6.45, 7) is 7.30. The monoisotopic (exact) mass is 236 g/mol. The van der Waals surface area contributed by atoms with E-state index in [1.807, 2.05) is 0 Å². The van der Waals surface area contributed by atoms with Gasteiger partial charge in [0.1, 0.15) is 0 Å². The minimum atomic E-state index is 0.0786. The molecular formula is C8H10BrClO. The second-order valence-electron chi connectivity index (χ2n) is 1.94. The van der Waals surface area contributed by atoms with Crippen LogP contribution >= 0.6 is 27.5 Å². The highest BCUT2D eigenvalue weighted by Gasteiger charge is 2.01. The van der Waals surface area contributed by atoms with Gasteiger partial charge in [0.15, 0.2) is 0 Å². The Balaban J connectivity index is 4.33. The average molecular weight is 238 g/mol. The molecule has 0 aliphatic rings. The fraction of sp³-hybridized carbons (Fsp3) is 0.250. The van der Waals surface area contributed by atoms with E-state index in [2.05, 4.69) is 29.1 Å². The van der Waals surface area contributed by atoms with Gasteiger partial charge in [0.2, 0.25) is 0 Å². The van der Waals surface area contributed by atoms with Gasteiger partial charge in [-0.3, -0.25) is 0 Å². The minimum absolute atomic E-state index is 0.0786. The minimum Gasteiger partial charge on any atom is -0.396 e. The van der Waals surface area contributed by atoms with Crippen LogP contribution in [0.1, 0.15) is 6.42 Å². The Bertz CT molecular complexity index is 196. The van der Waals surface area contributed by atoms with E-state index in [4.69, 9.17) is 16.7 Å². The van der Waals surface area contributed by atoms with E-state index in [0.717, 1.165) is 5.57 Å². The molecule has 0 aliphatic heterocycles. The first kappa shape index (κ1) is 11.0. The molecule has 0 aromatic heterocycles. The molecule has 1 N–H and O–H groups in total. The maximum Gasteiger partial charge on any atom is 0.0544 e. The molecule has 0 fully saturated rings. The summed E-state index contributed by atoms with van der Waals surface area (Å²) in [4.78, 5) is 0. The van der Waals surface area contributed by atoms with Gasteiger partial charge in [0, 0.05) is 11.1 Å². The second kappa shape index (κ2) is 5.58. The van der Waals surface area contributed by atoms with Crippen LogP contribution in [-0.2, 0) is 0 Å². The zero-order chi connectivity index (χ0) is 8.85. The summed E-state index contributed by atoms with van der Waals surface area (Å²) in [7, 11) is 0. The van der Waals surface area contributed by atoms with E-state index in [0.29, 0.717) is 15.9 Å². The molecule has 0 spiro atoms. The lowest BCUT2D eigenvalue weighted by Gasteiger charge is -2.02. The first-order valence-electron chi connectivity index (χ1n) is 3.10. The molecule has 0 aromatic rings. The first-order valence-corrected chi connectivity index (χ1v) is 4.27. The molecule has 0 aromatic carbocycles. The van der Waals surface area contributed by atoms with Crippen LogP contribution < -0.4 is 0 Å². The van der Waals surface area contributed by atoms with Crippen molar-refractivity contribution in [2.75, 3.05) is 6.61 Å². The molecule has 0 aliphatic carbocycles. The highest BCUT2D eigenvalue weighted by molar-refractivity contribution is 9.12. The standard InChI is InChI=1S/C8H10BrClO/c1-3-7(10)8(9)6(2)4-5-11/h3,11H,1-2,4-5H2/b8-7-. The zero-order valence-corrected chi connectivity index (χ0v) is 8.45. The fourth-order valence-corrected chi connectivity index (χ4v) is 0.997. The van der Waals surface area contributed by atoms with Crippen LogP contribution in [0.5, 0.6) is 0 Å². The Morgan fingerprint density at radius 3 is 2.55 bits per heavy atom. The van der Waals surface area contributed by atoms with Crippen molar-refractivity contribution in [3.8, 4) is 0 Å². The van der Waals surface area contributed by atoms with E-state index in [-0.39, 0.29) is 6.61 Å². The largest absolute Gasteiger partial charge is 0.396 e. The van der Waals surface area contributed by atoms with Crippen molar-refractivity contribution in [3.05, 3.63) is 34.3 Å². The summed E-state index contributed by atoms with van der Waals surface area (Å²) in [6.07, 6.45) is 2.04. The highest BCUT2D eigenvalue weighted by atomic mass is 79.9. The van der Waals surface area contributed by atoms with Crippen molar-refractivity contribution in [2.24, 2.45) is 0 Å². The third-order valence-electron chi connectivity index (χ3n) is 1.11. The SMILES string of the molecule is C=C/C(Cl)=C(/Br)C(=C)CCO. The Kier molecular flexibility index (Phi) is 5.56. The van der Waals surface area contributed by atoms with Gasteiger partial charge in [-0.2, -0.15) is 0 Å². The second-order valence-corrected chi connectivity index (χ2v) is 3.14. The number of hydrogen-bond acceptors (Lipinski definition) is 1. The molecule has 0 radical (unpaired) electrons. The maximum absolute atomic E-state index is 8.57. The number of rotatable bonds is 4. The predicted octanol–water partition coefficient (Wildman–Crippen LogP) is 2.96. The Morgan fingerprint density at radius 2 is 2.18 bits per heavy atom. The average Bonchev–Trinajstić information content (AvgIpc) is 2.02. The van der Waals surface area contributed by atoms with E-state index in [1.54, 1.807) is 0 Å². The topological polar surface area (TPSA) is 20.2 Å². The lowest BCUT2D eigenvalue weighted by molar-refractivity contribution is 0.300. The van der Waals surface area contributed by atoms with Gasteiger partial charge in [-0.25, -0.2) is 0 Å². The molecule has 3 heteroatoms. The van der Waals surface area contributed by atoms with Crippen molar-refractivity contribution in [1.82, 2.24) is 0 Å². The van der Waals surface area contributed by atoms with Gasteiger partial charge in [-0.1, -0.05) is 24.8 Å². The summed E-state index contributed by atoms with van der Waals surface area (Å²) < 4.78 is 0.711. The van der Waals surface area contributed by atoms with Gasteiger partial charge in [0.25, 0.3) is 0 Å². The van der Waals surface area contributed by atoms with Crippen molar-refractivity contribution in [3.63, 3.8) is 0 Å². The van der Waals surface area contributed by atoms with Crippen LogP contribution in [0.3, 0.4) is 0 Å². The Hall–Kier alpha value is -0.0500. The van der Waals surface area contributed by atoms with Gasteiger partial charge in [-0.05, 0) is 34.0 Å². The third kappa shape index (κ3) is 3.75. The number of aliphatic hydroxyl groups is 1. The van der Waals surface area contributed by atoms with Gasteiger partial charge >= 0.3 is 0 Å². The van der Waals surface area contributed by atoms with Crippen molar-refractivity contribution < 1.29 is 5.11 Å². The Morgan fingerprint density at radius 1 is 1.64 bits per heavy atom. The quantitative estimate of drug-likeness (QED) is 0.746. The van der Waals surface area contributed by atoms with Gasteiger partial charge in [0.05, 0.1) is 5.03 Å². The Labute approximate surface area is 80.2 Å². The summed E-state index contributed by atoms with van der Waals surface area (Å²) in [6, 6.07) is 0.